The predicted molar refractivity (Wildman–Crippen MR) is 79.4 cm³/mol. The maximum atomic E-state index is 10.9. The van der Waals surface area contributed by atoms with E-state index < -0.39 is 6.03 Å². The molecular formula is C10H12N6O2S2. The number of amides is 2. The summed E-state index contributed by atoms with van der Waals surface area (Å²) in [5.74, 6) is 1.02. The van der Waals surface area contributed by atoms with Crippen LogP contribution in [-0.2, 0) is 6.54 Å². The second-order valence-electron chi connectivity index (χ2n) is 3.71. The lowest BCUT2D eigenvalue weighted by atomic mass is 10.3. The molecule has 0 aromatic carbocycles. The molecular weight excluding hydrogens is 300 g/mol. The number of aliphatic imine (C=N–C) groups is 1. The Labute approximate surface area is 123 Å². The number of nitrogens with zero attached hydrogens (tertiary/aromatic N) is 3. The van der Waals surface area contributed by atoms with Gasteiger partial charge in [0.05, 0.1) is 6.54 Å². The molecule has 0 spiro atoms. The molecule has 2 amide bonds. The zero-order chi connectivity index (χ0) is 14.7. The SMILES string of the molecule is NC(=O)N(S)Cc1ccc(-c2csc(N=C(N)N)n2)o1. The molecule has 0 atom stereocenters. The van der Waals surface area contributed by atoms with E-state index in [0.29, 0.717) is 22.3 Å². The van der Waals surface area contributed by atoms with Crippen LogP contribution in [0.5, 0.6) is 0 Å². The number of primary amides is 1. The monoisotopic (exact) mass is 312 g/mol. The normalized spacial score (nSPS) is 10.2. The number of thiol groups is 1. The number of hydrogen-bond acceptors (Lipinski definition) is 6. The number of aromatic nitrogens is 1. The molecule has 0 aliphatic rings. The highest BCUT2D eigenvalue weighted by atomic mass is 32.1. The quantitative estimate of drug-likeness (QED) is 0.380. The molecule has 0 bridgehead atoms. The minimum atomic E-state index is -0.657. The van der Waals surface area contributed by atoms with Crippen LogP contribution in [0.15, 0.2) is 26.9 Å². The number of furan rings is 1. The first kappa shape index (κ1) is 14.2. The Kier molecular flexibility index (Phi) is 4.15. The van der Waals surface area contributed by atoms with Crippen molar-refractivity contribution >= 4 is 41.3 Å². The van der Waals surface area contributed by atoms with Gasteiger partial charge in [0.25, 0.3) is 0 Å². The van der Waals surface area contributed by atoms with Gasteiger partial charge in [-0.1, -0.05) is 12.8 Å². The van der Waals surface area contributed by atoms with Crippen LogP contribution in [0.3, 0.4) is 0 Å². The highest BCUT2D eigenvalue weighted by Gasteiger charge is 2.12. The molecule has 0 saturated heterocycles. The van der Waals surface area contributed by atoms with Crippen molar-refractivity contribution in [1.82, 2.24) is 9.29 Å². The van der Waals surface area contributed by atoms with Crippen LogP contribution in [0.4, 0.5) is 9.93 Å². The van der Waals surface area contributed by atoms with Crippen molar-refractivity contribution in [2.24, 2.45) is 22.2 Å². The van der Waals surface area contributed by atoms with Gasteiger partial charge in [0, 0.05) is 5.38 Å². The number of rotatable bonds is 4. The van der Waals surface area contributed by atoms with Crippen LogP contribution in [0.2, 0.25) is 0 Å². The molecule has 20 heavy (non-hydrogen) atoms. The number of carbonyl (C=O) groups is 1. The van der Waals surface area contributed by atoms with Gasteiger partial charge in [-0.15, -0.1) is 11.3 Å². The van der Waals surface area contributed by atoms with E-state index >= 15 is 0 Å². The minimum Gasteiger partial charge on any atom is -0.457 e. The zero-order valence-electron chi connectivity index (χ0n) is 10.2. The van der Waals surface area contributed by atoms with Gasteiger partial charge in [-0.05, 0) is 12.1 Å². The number of guanidine groups is 1. The molecule has 0 unspecified atom stereocenters. The third-order valence-corrected chi connectivity index (χ3v) is 3.26. The number of nitrogens with two attached hydrogens (primary N) is 3. The van der Waals surface area contributed by atoms with Crippen LogP contribution in [-0.4, -0.2) is 21.3 Å². The van der Waals surface area contributed by atoms with E-state index in [0.717, 1.165) is 4.31 Å². The molecule has 0 fully saturated rings. The van der Waals surface area contributed by atoms with Gasteiger partial charge < -0.3 is 21.6 Å². The molecule has 106 valence electrons. The van der Waals surface area contributed by atoms with E-state index in [-0.39, 0.29) is 12.5 Å². The molecule has 0 radical (unpaired) electrons. The zero-order valence-corrected chi connectivity index (χ0v) is 11.9. The largest absolute Gasteiger partial charge is 0.457 e. The van der Waals surface area contributed by atoms with Gasteiger partial charge in [0.15, 0.2) is 11.7 Å². The molecule has 6 N–H and O–H groups in total. The summed E-state index contributed by atoms with van der Waals surface area (Å²) in [5.41, 5.74) is 16.2. The fourth-order valence-electron chi connectivity index (χ4n) is 1.37. The summed E-state index contributed by atoms with van der Waals surface area (Å²) < 4.78 is 6.58. The van der Waals surface area contributed by atoms with Crippen LogP contribution in [0.1, 0.15) is 5.76 Å². The van der Waals surface area contributed by atoms with Crippen LogP contribution in [0.25, 0.3) is 11.5 Å². The molecule has 0 saturated carbocycles. The highest BCUT2D eigenvalue weighted by molar-refractivity contribution is 7.78. The summed E-state index contributed by atoms with van der Waals surface area (Å²) in [6, 6.07) is 2.78. The molecule has 2 heterocycles. The molecule has 8 nitrogen and oxygen atoms in total. The standard InChI is InChI=1S/C10H12N6O2S2/c11-8(12)15-10-14-6(4-20-10)7-2-1-5(18-7)3-16(19)9(13)17/h1-2,4,19H,3H2,(H2,13,17)(H4,11,12,14,15). The molecule has 0 aliphatic heterocycles. The average molecular weight is 312 g/mol. The average Bonchev–Trinajstić information content (AvgIpc) is 2.97. The number of urea groups is 1. The van der Waals surface area contributed by atoms with Crippen LogP contribution in [0, 0.1) is 0 Å². The molecule has 10 heteroatoms. The van der Waals surface area contributed by atoms with Crippen LogP contribution >= 0.6 is 24.2 Å². The maximum Gasteiger partial charge on any atom is 0.325 e. The van der Waals surface area contributed by atoms with Crippen molar-refractivity contribution in [3.63, 3.8) is 0 Å². The topological polar surface area (TPSA) is 137 Å². The number of thiazole rings is 1. The van der Waals surface area contributed by atoms with Crippen molar-refractivity contribution in [2.45, 2.75) is 6.54 Å². The van der Waals surface area contributed by atoms with E-state index in [1.54, 1.807) is 17.5 Å². The summed E-state index contributed by atoms with van der Waals surface area (Å²) in [6.45, 7) is 0.156. The lowest BCUT2D eigenvalue weighted by Gasteiger charge is -2.09. The van der Waals surface area contributed by atoms with Gasteiger partial charge in [0.1, 0.15) is 11.5 Å². The van der Waals surface area contributed by atoms with E-state index in [1.165, 1.54) is 11.3 Å². The van der Waals surface area contributed by atoms with E-state index in [9.17, 15) is 4.79 Å². The lowest BCUT2D eigenvalue weighted by molar-refractivity contribution is 0.232. The first-order valence-corrected chi connectivity index (χ1v) is 6.64. The number of hydrogen-bond donors (Lipinski definition) is 4. The second kappa shape index (κ2) is 5.84. The summed E-state index contributed by atoms with van der Waals surface area (Å²) in [6.07, 6.45) is 0. The van der Waals surface area contributed by atoms with Crippen LogP contribution < -0.4 is 17.2 Å². The van der Waals surface area contributed by atoms with E-state index in [1.807, 2.05) is 0 Å². The summed E-state index contributed by atoms with van der Waals surface area (Å²) in [7, 11) is 0. The molecule has 2 aromatic rings. The Morgan fingerprint density at radius 1 is 1.45 bits per heavy atom. The molecule has 0 aliphatic carbocycles. The second-order valence-corrected chi connectivity index (χ2v) is 5.03. The molecule has 2 aromatic heterocycles. The third-order valence-electron chi connectivity index (χ3n) is 2.19. The first-order chi connectivity index (χ1) is 9.45. The van der Waals surface area contributed by atoms with Gasteiger partial charge in [0.2, 0.25) is 5.13 Å². The van der Waals surface area contributed by atoms with Gasteiger partial charge in [-0.3, -0.25) is 4.31 Å². The number of carbonyl (C=O) groups excluding carboxylic acids is 1. The Hall–Kier alpha value is -2.20. The van der Waals surface area contributed by atoms with Crippen molar-refractivity contribution in [2.75, 3.05) is 0 Å². The van der Waals surface area contributed by atoms with Gasteiger partial charge >= 0.3 is 6.03 Å². The Morgan fingerprint density at radius 2 is 2.20 bits per heavy atom. The van der Waals surface area contributed by atoms with E-state index in [4.69, 9.17) is 21.6 Å². The Morgan fingerprint density at radius 3 is 2.85 bits per heavy atom. The fraction of sp³-hybridized carbons (Fsp3) is 0.100. The van der Waals surface area contributed by atoms with Gasteiger partial charge in [-0.25, -0.2) is 9.78 Å². The van der Waals surface area contributed by atoms with E-state index in [2.05, 4.69) is 22.8 Å². The summed E-state index contributed by atoms with van der Waals surface area (Å²) in [5, 5.41) is 2.20. The Balaban J connectivity index is 2.14. The highest BCUT2D eigenvalue weighted by Crippen LogP contribution is 2.28. The maximum absolute atomic E-state index is 10.9. The summed E-state index contributed by atoms with van der Waals surface area (Å²) >= 11 is 5.20. The van der Waals surface area contributed by atoms with Crippen molar-refractivity contribution in [3.05, 3.63) is 23.3 Å². The van der Waals surface area contributed by atoms with Crippen molar-refractivity contribution < 1.29 is 9.21 Å². The predicted octanol–water partition coefficient (Wildman–Crippen LogP) is 1.03. The third kappa shape index (κ3) is 3.42. The van der Waals surface area contributed by atoms with Crippen molar-refractivity contribution in [1.29, 1.82) is 0 Å². The first-order valence-electron chi connectivity index (χ1n) is 5.36. The Bertz CT molecular complexity index is 646. The van der Waals surface area contributed by atoms with Gasteiger partial charge in [-0.2, -0.15) is 4.99 Å². The summed E-state index contributed by atoms with van der Waals surface area (Å²) in [4.78, 5) is 18.9. The lowest BCUT2D eigenvalue weighted by Crippen LogP contribution is -2.26. The smallest absolute Gasteiger partial charge is 0.325 e. The molecule has 2 rings (SSSR count). The minimum absolute atomic E-state index is 0.0572. The fourth-order valence-corrected chi connectivity index (χ4v) is 2.20. The van der Waals surface area contributed by atoms with Crippen molar-refractivity contribution in [3.8, 4) is 11.5 Å².